The zero-order chi connectivity index (χ0) is 21.8. The van der Waals surface area contributed by atoms with Crippen LogP contribution in [-0.2, 0) is 4.57 Å². The average molecular weight is 430 g/mol. The molecule has 5 heteroatoms. The van der Waals surface area contributed by atoms with Crippen molar-refractivity contribution in [3.05, 3.63) is 95.6 Å². The molecule has 31 heavy (non-hydrogen) atoms. The van der Waals surface area contributed by atoms with Crippen LogP contribution < -0.4 is 9.34 Å². The van der Waals surface area contributed by atoms with Crippen molar-refractivity contribution >= 4 is 18.8 Å². The third kappa shape index (κ3) is 4.11. The third-order valence-electron chi connectivity index (χ3n) is 5.97. The van der Waals surface area contributed by atoms with Crippen molar-refractivity contribution in [2.75, 3.05) is 22.4 Å². The molecule has 0 bridgehead atoms. The summed E-state index contributed by atoms with van der Waals surface area (Å²) in [6.45, 7) is 5.52. The maximum absolute atomic E-state index is 15.3. The van der Waals surface area contributed by atoms with Crippen LogP contribution in [0.2, 0.25) is 0 Å². The minimum absolute atomic E-state index is 0.200. The molecule has 1 unspecified atom stereocenters. The molecule has 1 aliphatic rings. The number of rotatable bonds is 5. The van der Waals surface area contributed by atoms with E-state index >= 15 is 4.57 Å². The van der Waals surface area contributed by atoms with E-state index in [9.17, 15) is 5.26 Å². The van der Waals surface area contributed by atoms with Crippen LogP contribution in [0.3, 0.4) is 0 Å². The minimum Gasteiger partial charge on any atom is -0.306 e. The van der Waals surface area contributed by atoms with Gasteiger partial charge >= 0.3 is 0 Å². The first-order chi connectivity index (χ1) is 15.0. The van der Waals surface area contributed by atoms with Gasteiger partial charge in [0.1, 0.15) is 0 Å². The van der Waals surface area contributed by atoms with Crippen molar-refractivity contribution in [1.82, 2.24) is 0 Å². The van der Waals surface area contributed by atoms with E-state index in [1.54, 1.807) is 0 Å². The number of anilines is 2. The SMILES string of the molecule is Cc1ccc(N2CCCN(c3ccc(C)cc3)P2(=O)C(CC#N)c2ccccc2)cc1. The van der Waals surface area contributed by atoms with E-state index in [1.807, 2.05) is 30.3 Å². The highest BCUT2D eigenvalue weighted by Gasteiger charge is 2.47. The van der Waals surface area contributed by atoms with Gasteiger partial charge in [-0.15, -0.1) is 0 Å². The molecule has 0 N–H and O–H groups in total. The van der Waals surface area contributed by atoms with Crippen molar-refractivity contribution in [2.45, 2.75) is 32.3 Å². The third-order valence-corrected chi connectivity index (χ3v) is 9.51. The van der Waals surface area contributed by atoms with E-state index in [0.29, 0.717) is 13.1 Å². The van der Waals surface area contributed by atoms with Crippen molar-refractivity contribution in [2.24, 2.45) is 0 Å². The Morgan fingerprint density at radius 2 is 1.32 bits per heavy atom. The van der Waals surface area contributed by atoms with Crippen molar-refractivity contribution < 1.29 is 4.57 Å². The first kappa shape index (κ1) is 21.2. The molecular formula is C26H28N3OP. The zero-order valence-corrected chi connectivity index (χ0v) is 19.0. The van der Waals surface area contributed by atoms with Gasteiger partial charge in [-0.05, 0) is 50.1 Å². The Morgan fingerprint density at radius 3 is 1.77 bits per heavy atom. The summed E-state index contributed by atoms with van der Waals surface area (Å²) in [6, 6.07) is 28.6. The molecule has 1 atom stereocenters. The Bertz CT molecular complexity index is 1050. The highest BCUT2D eigenvalue weighted by molar-refractivity contribution is 7.67. The molecule has 1 aliphatic heterocycles. The Kier molecular flexibility index (Phi) is 6.16. The normalized spacial score (nSPS) is 16.5. The highest BCUT2D eigenvalue weighted by atomic mass is 31.2. The fourth-order valence-corrected chi connectivity index (χ4v) is 7.94. The Hall–Kier alpha value is -3.02. The summed E-state index contributed by atoms with van der Waals surface area (Å²) in [6.07, 6.45) is 1.10. The average Bonchev–Trinajstić information content (AvgIpc) is 2.79. The Morgan fingerprint density at radius 1 is 0.839 bits per heavy atom. The second-order valence-electron chi connectivity index (χ2n) is 8.15. The van der Waals surface area contributed by atoms with Gasteiger partial charge in [0.15, 0.2) is 0 Å². The first-order valence-electron chi connectivity index (χ1n) is 10.7. The van der Waals surface area contributed by atoms with Crippen LogP contribution in [0.25, 0.3) is 0 Å². The summed E-state index contributed by atoms with van der Waals surface area (Å²) in [5.74, 6) is 0. The van der Waals surface area contributed by atoms with Gasteiger partial charge < -0.3 is 9.34 Å². The molecule has 0 spiro atoms. The molecule has 158 valence electrons. The molecule has 0 aromatic heterocycles. The smallest absolute Gasteiger partial charge is 0.271 e. The molecular weight excluding hydrogens is 401 g/mol. The van der Waals surface area contributed by atoms with Crippen LogP contribution in [-0.4, -0.2) is 13.1 Å². The van der Waals surface area contributed by atoms with Crippen molar-refractivity contribution in [3.63, 3.8) is 0 Å². The van der Waals surface area contributed by atoms with Crippen molar-refractivity contribution in [1.29, 1.82) is 5.26 Å². The fourth-order valence-electron chi connectivity index (χ4n) is 4.34. The number of nitrogens with zero attached hydrogens (tertiary/aromatic N) is 3. The van der Waals surface area contributed by atoms with E-state index in [-0.39, 0.29) is 6.42 Å². The summed E-state index contributed by atoms with van der Waals surface area (Å²) in [5, 5.41) is 9.72. The van der Waals surface area contributed by atoms with Gasteiger partial charge in [0.25, 0.3) is 7.44 Å². The second-order valence-corrected chi connectivity index (χ2v) is 10.9. The molecule has 4 rings (SSSR count). The van der Waals surface area contributed by atoms with E-state index < -0.39 is 13.1 Å². The topological polar surface area (TPSA) is 47.3 Å². The molecule has 1 fully saturated rings. The lowest BCUT2D eigenvalue weighted by molar-refractivity contribution is 0.547. The van der Waals surface area contributed by atoms with Gasteiger partial charge in [-0.2, -0.15) is 5.26 Å². The van der Waals surface area contributed by atoms with Crippen LogP contribution in [0.15, 0.2) is 78.9 Å². The van der Waals surface area contributed by atoms with Crippen molar-refractivity contribution in [3.8, 4) is 6.07 Å². The zero-order valence-electron chi connectivity index (χ0n) is 18.1. The lowest BCUT2D eigenvalue weighted by atomic mass is 10.1. The van der Waals surface area contributed by atoms with Gasteiger partial charge in [0, 0.05) is 24.5 Å². The molecule has 0 amide bonds. The van der Waals surface area contributed by atoms with Gasteiger partial charge in [-0.3, -0.25) is 4.57 Å². The predicted octanol–water partition coefficient (Wildman–Crippen LogP) is 6.87. The molecule has 1 heterocycles. The molecule has 0 aliphatic carbocycles. The van der Waals surface area contributed by atoms with Crippen LogP contribution in [0.1, 0.15) is 35.2 Å². The minimum atomic E-state index is -3.21. The lowest BCUT2D eigenvalue weighted by Gasteiger charge is -2.48. The number of hydrogen-bond acceptors (Lipinski definition) is 2. The molecule has 4 nitrogen and oxygen atoms in total. The maximum atomic E-state index is 15.3. The fraction of sp³-hybridized carbons (Fsp3) is 0.269. The van der Waals surface area contributed by atoms with Gasteiger partial charge in [-0.25, -0.2) is 0 Å². The van der Waals surface area contributed by atoms with Gasteiger partial charge in [-0.1, -0.05) is 65.7 Å². The molecule has 0 radical (unpaired) electrons. The van der Waals surface area contributed by atoms with Crippen LogP contribution >= 0.6 is 7.44 Å². The molecule has 3 aromatic carbocycles. The standard InChI is InChI=1S/C26H28N3OP/c1-21-9-13-24(14-10-21)28-19-6-20-29(25-15-11-22(2)12-16-25)31(28,30)26(17-18-27)23-7-4-3-5-8-23/h3-5,7-16,26H,6,17,19-20H2,1-2H3. The number of aryl methyl sites for hydroxylation is 2. The van der Waals surface area contributed by atoms with Crippen LogP contribution in [0.4, 0.5) is 11.4 Å². The summed E-state index contributed by atoms with van der Waals surface area (Å²) in [4.78, 5) is 0. The largest absolute Gasteiger partial charge is 0.306 e. The monoisotopic (exact) mass is 429 g/mol. The summed E-state index contributed by atoms with van der Waals surface area (Å²) in [5.41, 5.74) is 4.78. The maximum Gasteiger partial charge on any atom is 0.271 e. The first-order valence-corrected chi connectivity index (χ1v) is 12.4. The molecule has 0 saturated carbocycles. The number of hydrogen-bond donors (Lipinski definition) is 0. The van der Waals surface area contributed by atoms with Crippen LogP contribution in [0.5, 0.6) is 0 Å². The highest BCUT2D eigenvalue weighted by Crippen LogP contribution is 2.68. The summed E-state index contributed by atoms with van der Waals surface area (Å²) >= 11 is 0. The molecule has 3 aromatic rings. The van der Waals surface area contributed by atoms with Gasteiger partial charge in [0.05, 0.1) is 18.1 Å². The molecule has 1 saturated heterocycles. The predicted molar refractivity (Wildman–Crippen MR) is 129 cm³/mol. The lowest BCUT2D eigenvalue weighted by Crippen LogP contribution is -2.41. The van der Waals surface area contributed by atoms with E-state index in [4.69, 9.17) is 0 Å². The number of nitriles is 1. The second kappa shape index (κ2) is 9.00. The van der Waals surface area contributed by atoms with Crippen LogP contribution in [0, 0.1) is 25.2 Å². The quantitative estimate of drug-likeness (QED) is 0.415. The summed E-state index contributed by atoms with van der Waals surface area (Å²) in [7, 11) is -3.21. The van der Waals surface area contributed by atoms with E-state index in [0.717, 1.165) is 23.4 Å². The summed E-state index contributed by atoms with van der Waals surface area (Å²) < 4.78 is 19.4. The Balaban J connectivity index is 1.90. The van der Waals surface area contributed by atoms with E-state index in [2.05, 4.69) is 77.8 Å². The number of benzene rings is 3. The van der Waals surface area contributed by atoms with E-state index in [1.165, 1.54) is 11.1 Å². The van der Waals surface area contributed by atoms with Gasteiger partial charge in [0.2, 0.25) is 0 Å². The Labute approximate surface area is 185 Å².